The number of rotatable bonds is 5. The van der Waals surface area contributed by atoms with Crippen LogP contribution in [0.15, 0.2) is 28.8 Å². The van der Waals surface area contributed by atoms with Gasteiger partial charge < -0.3 is 19.8 Å². The number of likely N-dealkylation sites (N-methyl/N-ethyl adjacent to an activating group) is 1. The van der Waals surface area contributed by atoms with Crippen molar-refractivity contribution in [3.8, 4) is 0 Å². The van der Waals surface area contributed by atoms with Crippen molar-refractivity contribution in [3.05, 3.63) is 46.8 Å². The molecule has 0 amide bonds. The number of nitrogens with zero attached hydrogens (tertiary/aromatic N) is 2. The quantitative estimate of drug-likeness (QED) is 0.858. The Labute approximate surface area is 156 Å². The van der Waals surface area contributed by atoms with Crippen molar-refractivity contribution in [2.45, 2.75) is 51.0 Å². The Kier molecular flexibility index (Phi) is 4.88. The third kappa shape index (κ3) is 2.93. The minimum atomic E-state index is -0.476. The molecule has 0 aliphatic carbocycles. The highest BCUT2D eigenvalue weighted by Gasteiger charge is 2.51. The van der Waals surface area contributed by atoms with E-state index in [9.17, 15) is 5.11 Å². The van der Waals surface area contributed by atoms with Crippen LogP contribution in [0.5, 0.6) is 0 Å². The number of aliphatic hydroxyl groups excluding tert-OH is 1. The molecule has 2 heterocycles. The number of nitrogens with one attached hydrogen (secondary N) is 1. The normalized spacial score (nSPS) is 22.5. The number of anilines is 1. The Morgan fingerprint density at radius 3 is 2.54 bits per heavy atom. The predicted molar refractivity (Wildman–Crippen MR) is 105 cm³/mol. The van der Waals surface area contributed by atoms with Crippen LogP contribution in [-0.4, -0.2) is 42.4 Å². The van der Waals surface area contributed by atoms with Gasteiger partial charge in [-0.05, 0) is 32.1 Å². The summed E-state index contributed by atoms with van der Waals surface area (Å²) in [6, 6.07) is 8.26. The zero-order chi connectivity index (χ0) is 19.1. The minimum Gasteiger partial charge on any atom is -0.396 e. The highest BCUT2D eigenvalue weighted by molar-refractivity contribution is 5.65. The van der Waals surface area contributed by atoms with E-state index in [1.54, 1.807) is 0 Å². The molecular weight excluding hydrogens is 326 g/mol. The van der Waals surface area contributed by atoms with E-state index >= 15 is 0 Å². The summed E-state index contributed by atoms with van der Waals surface area (Å²) in [4.78, 5) is 2.17. The number of aromatic nitrogens is 1. The van der Waals surface area contributed by atoms with Crippen LogP contribution in [0.3, 0.4) is 0 Å². The summed E-state index contributed by atoms with van der Waals surface area (Å²) in [6.07, 6.45) is 0.792. The van der Waals surface area contributed by atoms with Crippen molar-refractivity contribution in [3.63, 3.8) is 0 Å². The van der Waals surface area contributed by atoms with Gasteiger partial charge >= 0.3 is 0 Å². The lowest BCUT2D eigenvalue weighted by atomic mass is 9.73. The first-order chi connectivity index (χ1) is 12.2. The third-order valence-electron chi connectivity index (χ3n) is 5.26. The molecule has 0 bridgehead atoms. The van der Waals surface area contributed by atoms with E-state index in [2.05, 4.69) is 69.3 Å². The van der Waals surface area contributed by atoms with Gasteiger partial charge in [0.1, 0.15) is 5.76 Å². The summed E-state index contributed by atoms with van der Waals surface area (Å²) in [5.41, 5.74) is 3.66. The second-order valence-corrected chi connectivity index (χ2v) is 8.59. The number of para-hydroxylation sites is 1. The third-order valence-corrected chi connectivity index (χ3v) is 5.26. The summed E-state index contributed by atoms with van der Waals surface area (Å²) in [5.74, 6) is 0.835. The molecule has 1 aromatic carbocycles. The average Bonchev–Trinajstić information content (AvgIpc) is 3.12. The van der Waals surface area contributed by atoms with Crippen LogP contribution in [-0.2, 0) is 17.4 Å². The standard InChI is InChI=1S/C21H31N3O2/c1-7-16-18(19(26-23-16)20(2,3)4)21(13-24(5)6)15(12-25)14-10-8-9-11-17(14)22-21/h8-11,15,22,25H,7,12-13H2,1-6H3. The van der Waals surface area contributed by atoms with E-state index < -0.39 is 5.54 Å². The van der Waals surface area contributed by atoms with Crippen LogP contribution >= 0.6 is 0 Å². The second kappa shape index (κ2) is 6.71. The molecule has 2 unspecified atom stereocenters. The summed E-state index contributed by atoms with van der Waals surface area (Å²) < 4.78 is 5.87. The minimum absolute atomic E-state index is 0.0631. The molecule has 0 spiro atoms. The molecule has 5 nitrogen and oxygen atoms in total. The Bertz CT molecular complexity index is 776. The molecule has 3 rings (SSSR count). The molecule has 0 saturated heterocycles. The van der Waals surface area contributed by atoms with Gasteiger partial charge in [-0.3, -0.25) is 0 Å². The molecule has 142 valence electrons. The highest BCUT2D eigenvalue weighted by Crippen LogP contribution is 2.51. The van der Waals surface area contributed by atoms with Gasteiger partial charge in [0, 0.05) is 29.1 Å². The van der Waals surface area contributed by atoms with Gasteiger partial charge in [0.05, 0.1) is 17.8 Å². The fourth-order valence-corrected chi connectivity index (χ4v) is 4.26. The average molecular weight is 357 g/mol. The molecule has 1 aliphatic heterocycles. The summed E-state index contributed by atoms with van der Waals surface area (Å²) in [6.45, 7) is 9.36. The first kappa shape index (κ1) is 18.9. The zero-order valence-electron chi connectivity index (χ0n) is 16.8. The van der Waals surface area contributed by atoms with Gasteiger partial charge in [0.15, 0.2) is 0 Å². The van der Waals surface area contributed by atoms with Gasteiger partial charge in [0.25, 0.3) is 0 Å². The smallest absolute Gasteiger partial charge is 0.147 e. The number of aliphatic hydroxyl groups is 1. The van der Waals surface area contributed by atoms with Crippen LogP contribution in [0, 0.1) is 0 Å². The molecule has 26 heavy (non-hydrogen) atoms. The van der Waals surface area contributed by atoms with E-state index in [-0.39, 0.29) is 17.9 Å². The van der Waals surface area contributed by atoms with Gasteiger partial charge in [-0.1, -0.05) is 51.1 Å². The number of benzene rings is 1. The van der Waals surface area contributed by atoms with Crippen LogP contribution in [0.4, 0.5) is 5.69 Å². The topological polar surface area (TPSA) is 61.5 Å². The fourth-order valence-electron chi connectivity index (χ4n) is 4.26. The maximum atomic E-state index is 10.4. The van der Waals surface area contributed by atoms with Crippen LogP contribution in [0.2, 0.25) is 0 Å². The maximum absolute atomic E-state index is 10.4. The van der Waals surface area contributed by atoms with Crippen LogP contribution in [0.25, 0.3) is 0 Å². The molecule has 0 saturated carbocycles. The molecule has 0 fully saturated rings. The lowest BCUT2D eigenvalue weighted by Gasteiger charge is -2.39. The van der Waals surface area contributed by atoms with E-state index in [0.717, 1.165) is 41.2 Å². The van der Waals surface area contributed by atoms with Crippen molar-refractivity contribution in [2.75, 3.05) is 32.6 Å². The van der Waals surface area contributed by atoms with Crippen LogP contribution < -0.4 is 5.32 Å². The van der Waals surface area contributed by atoms with E-state index in [4.69, 9.17) is 4.52 Å². The van der Waals surface area contributed by atoms with Gasteiger partial charge in [0.2, 0.25) is 0 Å². The lowest BCUT2D eigenvalue weighted by Crippen LogP contribution is -2.48. The van der Waals surface area contributed by atoms with Gasteiger partial charge in [-0.15, -0.1) is 0 Å². The lowest BCUT2D eigenvalue weighted by molar-refractivity contribution is 0.190. The predicted octanol–water partition coefficient (Wildman–Crippen LogP) is 3.49. The number of hydrogen-bond donors (Lipinski definition) is 2. The van der Waals surface area contributed by atoms with E-state index in [0.29, 0.717) is 0 Å². The first-order valence-corrected chi connectivity index (χ1v) is 9.36. The number of fused-ring (bicyclic) bond motifs is 1. The molecule has 5 heteroatoms. The summed E-state index contributed by atoms with van der Waals surface area (Å²) in [5, 5.41) is 18.6. The Morgan fingerprint density at radius 2 is 1.96 bits per heavy atom. The fraction of sp³-hybridized carbons (Fsp3) is 0.571. The van der Waals surface area contributed by atoms with Crippen LogP contribution in [0.1, 0.15) is 56.2 Å². The Balaban J connectivity index is 2.28. The van der Waals surface area contributed by atoms with Crippen molar-refractivity contribution in [1.82, 2.24) is 10.1 Å². The summed E-state index contributed by atoms with van der Waals surface area (Å²) in [7, 11) is 4.13. The van der Waals surface area contributed by atoms with E-state index in [1.165, 1.54) is 0 Å². The van der Waals surface area contributed by atoms with E-state index in [1.807, 2.05) is 12.1 Å². The maximum Gasteiger partial charge on any atom is 0.147 e. The molecule has 2 aromatic rings. The molecule has 1 aliphatic rings. The summed E-state index contributed by atoms with van der Waals surface area (Å²) >= 11 is 0. The number of hydrogen-bond acceptors (Lipinski definition) is 5. The Morgan fingerprint density at radius 1 is 1.27 bits per heavy atom. The molecule has 2 atom stereocenters. The highest BCUT2D eigenvalue weighted by atomic mass is 16.5. The van der Waals surface area contributed by atoms with Crippen molar-refractivity contribution < 1.29 is 9.63 Å². The largest absolute Gasteiger partial charge is 0.396 e. The number of aryl methyl sites for hydroxylation is 1. The molecular formula is C21H31N3O2. The molecule has 0 radical (unpaired) electrons. The SMILES string of the molecule is CCc1noc(C(C)(C)C)c1C1(CN(C)C)Nc2ccccc2C1CO. The zero-order valence-corrected chi connectivity index (χ0v) is 16.8. The molecule has 2 N–H and O–H groups in total. The van der Waals surface area contributed by atoms with Crippen molar-refractivity contribution in [2.24, 2.45) is 0 Å². The van der Waals surface area contributed by atoms with Gasteiger partial charge in [-0.2, -0.15) is 0 Å². The monoisotopic (exact) mass is 357 g/mol. The Hall–Kier alpha value is -1.85. The first-order valence-electron chi connectivity index (χ1n) is 9.36. The van der Waals surface area contributed by atoms with Crippen molar-refractivity contribution in [1.29, 1.82) is 0 Å². The molecule has 1 aromatic heterocycles. The second-order valence-electron chi connectivity index (χ2n) is 8.59. The van der Waals surface area contributed by atoms with Gasteiger partial charge in [-0.25, -0.2) is 0 Å². The van der Waals surface area contributed by atoms with Crippen molar-refractivity contribution >= 4 is 5.69 Å².